The molecule has 1 aromatic rings. The van der Waals surface area contributed by atoms with Gasteiger partial charge in [0.25, 0.3) is 0 Å². The molecule has 0 radical (unpaired) electrons. The molecule has 4 nitrogen and oxygen atoms in total. The summed E-state index contributed by atoms with van der Waals surface area (Å²) in [7, 11) is -3.45. The second kappa shape index (κ2) is 6.33. The first-order valence-corrected chi connectivity index (χ1v) is 8.69. The molecule has 0 spiro atoms. The quantitative estimate of drug-likeness (QED) is 0.857. The minimum Gasteiger partial charge on any atom is -0.492 e. The first kappa shape index (κ1) is 15.6. The zero-order valence-corrected chi connectivity index (χ0v) is 13.4. The lowest BCUT2D eigenvalue weighted by atomic mass is 10.0. The van der Waals surface area contributed by atoms with E-state index in [4.69, 9.17) is 16.3 Å². The van der Waals surface area contributed by atoms with Crippen molar-refractivity contribution in [2.75, 3.05) is 19.7 Å². The molecule has 0 saturated carbocycles. The number of nitrogens with zero attached hydrogens (tertiary/aromatic N) is 1. The van der Waals surface area contributed by atoms with Crippen molar-refractivity contribution in [2.24, 2.45) is 5.92 Å². The predicted molar refractivity (Wildman–Crippen MR) is 79.8 cm³/mol. The fraction of sp³-hybridized carbons (Fsp3) is 0.571. The van der Waals surface area contributed by atoms with Gasteiger partial charge in [0.2, 0.25) is 10.0 Å². The first-order chi connectivity index (χ1) is 9.45. The lowest BCUT2D eigenvalue weighted by molar-refractivity contribution is 0.288. The fourth-order valence-electron chi connectivity index (χ4n) is 2.29. The van der Waals surface area contributed by atoms with E-state index in [1.54, 1.807) is 16.4 Å². The number of sulfonamides is 1. The molecule has 1 aliphatic heterocycles. The summed E-state index contributed by atoms with van der Waals surface area (Å²) in [6, 6.07) is 4.65. The van der Waals surface area contributed by atoms with Crippen LogP contribution in [0.15, 0.2) is 23.1 Å². The zero-order valence-electron chi connectivity index (χ0n) is 11.8. The molecule has 1 heterocycles. The topological polar surface area (TPSA) is 46.6 Å². The molecule has 0 bridgehead atoms. The van der Waals surface area contributed by atoms with Gasteiger partial charge in [-0.15, -0.1) is 0 Å². The van der Waals surface area contributed by atoms with Crippen molar-refractivity contribution in [1.29, 1.82) is 0 Å². The summed E-state index contributed by atoms with van der Waals surface area (Å²) in [5, 5.41) is 0.332. The highest BCUT2D eigenvalue weighted by Crippen LogP contribution is 2.30. The van der Waals surface area contributed by atoms with Crippen LogP contribution >= 0.6 is 11.6 Å². The van der Waals surface area contributed by atoms with Gasteiger partial charge in [-0.05, 0) is 43.9 Å². The van der Waals surface area contributed by atoms with Crippen molar-refractivity contribution in [3.63, 3.8) is 0 Å². The molecule has 0 atom stereocenters. The maximum atomic E-state index is 12.5. The summed E-state index contributed by atoms with van der Waals surface area (Å²) in [6.07, 6.45) is 1.81. The monoisotopic (exact) mass is 317 g/mol. The van der Waals surface area contributed by atoms with Crippen LogP contribution in [0.3, 0.4) is 0 Å². The highest BCUT2D eigenvalue weighted by molar-refractivity contribution is 7.89. The average Bonchev–Trinajstić information content (AvgIpc) is 2.41. The van der Waals surface area contributed by atoms with Crippen molar-refractivity contribution in [3.8, 4) is 5.75 Å². The van der Waals surface area contributed by atoms with Crippen LogP contribution in [0.1, 0.15) is 26.7 Å². The molecule has 0 N–H and O–H groups in total. The van der Waals surface area contributed by atoms with E-state index in [-0.39, 0.29) is 4.90 Å². The Hall–Kier alpha value is -0.780. The summed E-state index contributed by atoms with van der Waals surface area (Å²) in [5.74, 6) is 1.10. The summed E-state index contributed by atoms with van der Waals surface area (Å²) in [5.41, 5.74) is 0. The van der Waals surface area contributed by atoms with Crippen LogP contribution in [0.25, 0.3) is 0 Å². The summed E-state index contributed by atoms with van der Waals surface area (Å²) < 4.78 is 31.9. The van der Waals surface area contributed by atoms with Crippen LogP contribution in [0.5, 0.6) is 5.75 Å². The van der Waals surface area contributed by atoms with Crippen molar-refractivity contribution in [2.45, 2.75) is 31.6 Å². The van der Waals surface area contributed by atoms with Gasteiger partial charge >= 0.3 is 0 Å². The molecule has 1 saturated heterocycles. The molecule has 0 unspecified atom stereocenters. The Morgan fingerprint density at radius 2 is 2.00 bits per heavy atom. The number of rotatable bonds is 4. The summed E-state index contributed by atoms with van der Waals surface area (Å²) in [6.45, 7) is 5.66. The van der Waals surface area contributed by atoms with E-state index in [1.807, 2.05) is 6.92 Å². The van der Waals surface area contributed by atoms with Gasteiger partial charge in [-0.25, -0.2) is 8.42 Å². The van der Waals surface area contributed by atoms with Crippen LogP contribution in [0.2, 0.25) is 5.02 Å². The molecule has 0 amide bonds. The standard InChI is InChI=1S/C14H20ClNO3S/c1-3-19-14-5-4-12(10-13(14)15)20(17,18)16-8-6-11(2)7-9-16/h4-5,10-11H,3,6-9H2,1-2H3. The smallest absolute Gasteiger partial charge is 0.243 e. The van der Waals surface area contributed by atoms with Crippen LogP contribution < -0.4 is 4.74 Å². The molecule has 0 aliphatic carbocycles. The first-order valence-electron chi connectivity index (χ1n) is 6.87. The van der Waals surface area contributed by atoms with Crippen molar-refractivity contribution in [1.82, 2.24) is 4.31 Å². The van der Waals surface area contributed by atoms with E-state index < -0.39 is 10.0 Å². The Bertz CT molecular complexity index is 566. The van der Waals surface area contributed by atoms with E-state index in [9.17, 15) is 8.42 Å². The molecule has 2 rings (SSSR count). The maximum absolute atomic E-state index is 12.5. The molecular weight excluding hydrogens is 298 g/mol. The molecule has 6 heteroatoms. The number of hydrogen-bond donors (Lipinski definition) is 0. The van der Waals surface area contributed by atoms with Crippen LogP contribution in [0.4, 0.5) is 0 Å². The van der Waals surface area contributed by atoms with Crippen molar-refractivity contribution < 1.29 is 13.2 Å². The molecule has 1 aromatic carbocycles. The molecule has 0 aromatic heterocycles. The molecule has 112 valence electrons. The third kappa shape index (κ3) is 3.27. The molecule has 1 fully saturated rings. The highest BCUT2D eigenvalue weighted by Gasteiger charge is 2.28. The Balaban J connectivity index is 2.23. The summed E-state index contributed by atoms with van der Waals surface area (Å²) in [4.78, 5) is 0.237. The van der Waals surface area contributed by atoms with Crippen LogP contribution in [-0.2, 0) is 10.0 Å². The Morgan fingerprint density at radius 3 is 2.55 bits per heavy atom. The third-order valence-electron chi connectivity index (χ3n) is 3.58. The van der Waals surface area contributed by atoms with E-state index in [0.717, 1.165) is 12.8 Å². The van der Waals surface area contributed by atoms with E-state index in [1.165, 1.54) is 6.07 Å². The van der Waals surface area contributed by atoms with Gasteiger partial charge in [0.15, 0.2) is 0 Å². The predicted octanol–water partition coefficient (Wildman–Crippen LogP) is 3.16. The van der Waals surface area contributed by atoms with Crippen LogP contribution in [-0.4, -0.2) is 32.4 Å². The number of hydrogen-bond acceptors (Lipinski definition) is 3. The van der Waals surface area contributed by atoms with E-state index >= 15 is 0 Å². The SMILES string of the molecule is CCOc1ccc(S(=O)(=O)N2CCC(C)CC2)cc1Cl. The van der Waals surface area contributed by atoms with Gasteiger partial charge < -0.3 is 4.74 Å². The molecular formula is C14H20ClNO3S. The number of benzene rings is 1. The van der Waals surface area contributed by atoms with Gasteiger partial charge in [-0.2, -0.15) is 4.31 Å². The Morgan fingerprint density at radius 1 is 1.35 bits per heavy atom. The lowest BCUT2D eigenvalue weighted by Gasteiger charge is -2.29. The highest BCUT2D eigenvalue weighted by atomic mass is 35.5. The number of piperidine rings is 1. The number of halogens is 1. The largest absolute Gasteiger partial charge is 0.492 e. The number of ether oxygens (including phenoxy) is 1. The fourth-order valence-corrected chi connectivity index (χ4v) is 4.09. The average molecular weight is 318 g/mol. The lowest BCUT2D eigenvalue weighted by Crippen LogP contribution is -2.37. The van der Waals surface area contributed by atoms with Crippen LogP contribution in [0, 0.1) is 5.92 Å². The van der Waals surface area contributed by atoms with Gasteiger partial charge in [0, 0.05) is 13.1 Å². The van der Waals surface area contributed by atoms with Gasteiger partial charge in [-0.3, -0.25) is 0 Å². The Kier molecular flexibility index (Phi) is 4.94. The molecule has 1 aliphatic rings. The minimum absolute atomic E-state index is 0.237. The second-order valence-electron chi connectivity index (χ2n) is 5.11. The summed E-state index contributed by atoms with van der Waals surface area (Å²) >= 11 is 6.07. The van der Waals surface area contributed by atoms with Gasteiger partial charge in [0.05, 0.1) is 16.5 Å². The van der Waals surface area contributed by atoms with E-state index in [2.05, 4.69) is 6.92 Å². The van der Waals surface area contributed by atoms with E-state index in [0.29, 0.717) is 36.4 Å². The zero-order chi connectivity index (χ0) is 14.8. The van der Waals surface area contributed by atoms with Gasteiger partial charge in [0.1, 0.15) is 5.75 Å². The Labute approximate surface area is 125 Å². The second-order valence-corrected chi connectivity index (χ2v) is 7.46. The normalized spacial score (nSPS) is 18.1. The molecule has 20 heavy (non-hydrogen) atoms. The third-order valence-corrected chi connectivity index (χ3v) is 5.77. The van der Waals surface area contributed by atoms with Crippen molar-refractivity contribution >= 4 is 21.6 Å². The maximum Gasteiger partial charge on any atom is 0.243 e. The van der Waals surface area contributed by atoms with Crippen molar-refractivity contribution in [3.05, 3.63) is 23.2 Å². The minimum atomic E-state index is -3.45. The van der Waals surface area contributed by atoms with Gasteiger partial charge in [-0.1, -0.05) is 18.5 Å².